The summed E-state index contributed by atoms with van der Waals surface area (Å²) < 4.78 is 7.01. The van der Waals surface area contributed by atoms with Crippen LogP contribution in [0.25, 0.3) is 5.65 Å². The fraction of sp³-hybridized carbons (Fsp3) is 0.565. The highest BCUT2D eigenvalue weighted by molar-refractivity contribution is 5.76. The van der Waals surface area contributed by atoms with E-state index in [4.69, 9.17) is 9.62 Å². The van der Waals surface area contributed by atoms with E-state index in [0.717, 1.165) is 37.0 Å². The van der Waals surface area contributed by atoms with Gasteiger partial charge in [-0.25, -0.2) is 9.50 Å². The second-order valence-corrected chi connectivity index (χ2v) is 9.62. The molecule has 0 bridgehead atoms. The highest BCUT2D eigenvalue weighted by Gasteiger charge is 2.26. The van der Waals surface area contributed by atoms with E-state index in [1.54, 1.807) is 0 Å². The molecule has 1 aliphatic rings. The molecule has 1 saturated carbocycles. The van der Waals surface area contributed by atoms with Gasteiger partial charge in [-0.2, -0.15) is 10.3 Å². The van der Waals surface area contributed by atoms with Gasteiger partial charge in [-0.1, -0.05) is 20.8 Å². The van der Waals surface area contributed by atoms with Crippen LogP contribution in [0.2, 0.25) is 0 Å². The number of fused-ring (bicyclic) bond motifs is 1. The fourth-order valence-corrected chi connectivity index (χ4v) is 4.28. The first kappa shape index (κ1) is 21.3. The standard InChI is InChI=1S/C23H31N5O3/c1-23(2,3)19-13-20-24-11-10-18(28(20)26-19)16-6-4-15(5-7-16)14-25-21(29)9-8-17-12-22(30)27-31-17/h10-13,15-16H,4-9,14H2,1-3H3,(H,25,29)(H,27,30). The summed E-state index contributed by atoms with van der Waals surface area (Å²) in [6.45, 7) is 7.20. The van der Waals surface area contributed by atoms with Crippen molar-refractivity contribution < 1.29 is 9.32 Å². The van der Waals surface area contributed by atoms with E-state index in [1.807, 2.05) is 10.7 Å². The summed E-state index contributed by atoms with van der Waals surface area (Å²) in [7, 11) is 0. The first-order valence-electron chi connectivity index (χ1n) is 11.1. The van der Waals surface area contributed by atoms with Crippen molar-refractivity contribution in [1.82, 2.24) is 25.1 Å². The Bertz CT molecular complexity index is 1100. The molecule has 31 heavy (non-hydrogen) atoms. The lowest BCUT2D eigenvalue weighted by molar-refractivity contribution is -0.121. The van der Waals surface area contributed by atoms with Gasteiger partial charge in [0.05, 0.1) is 5.69 Å². The summed E-state index contributed by atoms with van der Waals surface area (Å²) in [5.74, 6) is 1.46. The zero-order valence-corrected chi connectivity index (χ0v) is 18.5. The molecule has 0 unspecified atom stereocenters. The van der Waals surface area contributed by atoms with Crippen LogP contribution in [0.3, 0.4) is 0 Å². The highest BCUT2D eigenvalue weighted by Crippen LogP contribution is 2.36. The minimum absolute atomic E-state index is 0.00642. The van der Waals surface area contributed by atoms with E-state index in [0.29, 0.717) is 37.0 Å². The Hall–Kier alpha value is -2.90. The lowest BCUT2D eigenvalue weighted by Gasteiger charge is -2.29. The van der Waals surface area contributed by atoms with Crippen LogP contribution in [0, 0.1) is 5.92 Å². The third-order valence-corrected chi connectivity index (χ3v) is 6.18. The van der Waals surface area contributed by atoms with Gasteiger partial charge in [0.25, 0.3) is 5.56 Å². The summed E-state index contributed by atoms with van der Waals surface area (Å²) in [4.78, 5) is 27.7. The van der Waals surface area contributed by atoms with Crippen molar-refractivity contribution in [1.29, 1.82) is 0 Å². The molecule has 1 aliphatic carbocycles. The summed E-state index contributed by atoms with van der Waals surface area (Å²) in [6.07, 6.45) is 6.95. The van der Waals surface area contributed by atoms with Gasteiger partial charge >= 0.3 is 0 Å². The number of rotatable bonds is 6. The first-order chi connectivity index (χ1) is 14.8. The van der Waals surface area contributed by atoms with Crippen molar-refractivity contribution in [2.24, 2.45) is 5.92 Å². The van der Waals surface area contributed by atoms with E-state index >= 15 is 0 Å². The minimum Gasteiger partial charge on any atom is -0.384 e. The molecule has 0 aromatic carbocycles. The molecule has 2 N–H and O–H groups in total. The maximum absolute atomic E-state index is 12.1. The molecule has 0 saturated heterocycles. The number of aromatic nitrogens is 4. The van der Waals surface area contributed by atoms with Crippen LogP contribution in [0.5, 0.6) is 0 Å². The predicted octanol–water partition coefficient (Wildman–Crippen LogP) is 3.33. The molecule has 8 heteroatoms. The Morgan fingerprint density at radius 2 is 2.03 bits per heavy atom. The lowest BCUT2D eigenvalue weighted by Crippen LogP contribution is -2.31. The van der Waals surface area contributed by atoms with Crippen LogP contribution in [0.4, 0.5) is 0 Å². The molecule has 4 rings (SSSR count). The van der Waals surface area contributed by atoms with Gasteiger partial charge in [-0.15, -0.1) is 0 Å². The van der Waals surface area contributed by atoms with Crippen LogP contribution < -0.4 is 10.9 Å². The lowest BCUT2D eigenvalue weighted by atomic mass is 9.80. The van der Waals surface area contributed by atoms with Gasteiger partial charge in [-0.3, -0.25) is 9.59 Å². The fourth-order valence-electron chi connectivity index (χ4n) is 4.28. The topological polar surface area (TPSA) is 105 Å². The molecule has 1 amide bonds. The number of carbonyl (C=O) groups excluding carboxylic acids is 1. The largest absolute Gasteiger partial charge is 0.384 e. The molecule has 3 aromatic rings. The number of aromatic amines is 1. The number of carbonyl (C=O) groups is 1. The monoisotopic (exact) mass is 425 g/mol. The first-order valence-corrected chi connectivity index (χ1v) is 11.1. The minimum atomic E-state index is -0.275. The van der Waals surface area contributed by atoms with Crippen LogP contribution >= 0.6 is 0 Å². The Morgan fingerprint density at radius 3 is 2.71 bits per heavy atom. The Kier molecular flexibility index (Phi) is 5.98. The average Bonchev–Trinajstić information content (AvgIpc) is 3.37. The summed E-state index contributed by atoms with van der Waals surface area (Å²) in [6, 6.07) is 5.57. The third kappa shape index (κ3) is 5.06. The Labute approximate surface area is 181 Å². The van der Waals surface area contributed by atoms with Gasteiger partial charge in [0.15, 0.2) is 5.65 Å². The van der Waals surface area contributed by atoms with E-state index in [2.05, 4.69) is 48.4 Å². The number of nitrogens with one attached hydrogen (secondary N) is 2. The Balaban J connectivity index is 1.29. The summed E-state index contributed by atoms with van der Waals surface area (Å²) >= 11 is 0. The van der Waals surface area contributed by atoms with Crippen LogP contribution in [-0.2, 0) is 16.6 Å². The number of hydrogen-bond donors (Lipinski definition) is 2. The van der Waals surface area contributed by atoms with Gasteiger partial charge in [-0.05, 0) is 37.7 Å². The highest BCUT2D eigenvalue weighted by atomic mass is 16.5. The number of amides is 1. The van der Waals surface area contributed by atoms with Crippen molar-refractivity contribution >= 4 is 11.6 Å². The number of aryl methyl sites for hydroxylation is 1. The number of hydrogen-bond acceptors (Lipinski definition) is 5. The molecule has 3 aromatic heterocycles. The molecule has 0 spiro atoms. The van der Waals surface area contributed by atoms with E-state index < -0.39 is 0 Å². The van der Waals surface area contributed by atoms with Crippen LogP contribution in [0.1, 0.15) is 75.9 Å². The zero-order chi connectivity index (χ0) is 22.0. The van der Waals surface area contributed by atoms with Crippen molar-refractivity contribution in [2.75, 3.05) is 6.54 Å². The maximum Gasteiger partial charge on any atom is 0.280 e. The van der Waals surface area contributed by atoms with Gasteiger partial charge in [0.1, 0.15) is 5.76 Å². The van der Waals surface area contributed by atoms with E-state index in [9.17, 15) is 9.59 Å². The van der Waals surface area contributed by atoms with Gasteiger partial charge in [0.2, 0.25) is 5.91 Å². The molecule has 166 valence electrons. The number of nitrogens with zero attached hydrogens (tertiary/aromatic N) is 3. The summed E-state index contributed by atoms with van der Waals surface area (Å²) in [5, 5.41) is 10.1. The maximum atomic E-state index is 12.1. The molecule has 0 radical (unpaired) electrons. The second kappa shape index (κ2) is 8.69. The molecule has 0 aliphatic heterocycles. The van der Waals surface area contributed by atoms with E-state index in [1.165, 1.54) is 11.8 Å². The molecule has 8 nitrogen and oxygen atoms in total. The smallest absolute Gasteiger partial charge is 0.280 e. The molecule has 0 atom stereocenters. The van der Waals surface area contributed by atoms with Crippen molar-refractivity contribution in [3.63, 3.8) is 0 Å². The summed E-state index contributed by atoms with van der Waals surface area (Å²) in [5.41, 5.74) is 2.92. The third-order valence-electron chi connectivity index (χ3n) is 6.18. The molecular formula is C23H31N5O3. The zero-order valence-electron chi connectivity index (χ0n) is 18.5. The predicted molar refractivity (Wildman–Crippen MR) is 117 cm³/mol. The van der Waals surface area contributed by atoms with Crippen molar-refractivity contribution in [2.45, 2.75) is 70.6 Å². The SMILES string of the molecule is CC(C)(C)c1cc2nccc(C3CCC(CNC(=O)CCc4cc(=O)[nH]o4)CC3)n2n1. The normalized spacial score (nSPS) is 19.6. The molecule has 3 heterocycles. The van der Waals surface area contributed by atoms with Crippen LogP contribution in [-0.4, -0.2) is 32.2 Å². The number of H-pyrrole nitrogens is 1. The Morgan fingerprint density at radius 1 is 1.26 bits per heavy atom. The van der Waals surface area contributed by atoms with Crippen molar-refractivity contribution in [3.8, 4) is 0 Å². The molecule has 1 fully saturated rings. The average molecular weight is 426 g/mol. The van der Waals surface area contributed by atoms with Crippen molar-refractivity contribution in [3.05, 3.63) is 51.9 Å². The molecular weight excluding hydrogens is 394 g/mol. The van der Waals surface area contributed by atoms with E-state index in [-0.39, 0.29) is 16.9 Å². The van der Waals surface area contributed by atoms with Gasteiger partial charge < -0.3 is 9.84 Å². The van der Waals surface area contributed by atoms with Gasteiger partial charge in [0, 0.05) is 54.7 Å². The second-order valence-electron chi connectivity index (χ2n) is 9.62. The quantitative estimate of drug-likeness (QED) is 0.630. The van der Waals surface area contributed by atoms with Crippen LogP contribution in [0.15, 0.2) is 33.7 Å².